The third-order valence-corrected chi connectivity index (χ3v) is 6.75. The highest BCUT2D eigenvalue weighted by Crippen LogP contribution is 2.35. The van der Waals surface area contributed by atoms with E-state index < -0.39 is 0 Å². The predicted molar refractivity (Wildman–Crippen MR) is 134 cm³/mol. The van der Waals surface area contributed by atoms with E-state index in [9.17, 15) is 4.79 Å². The number of nitrogens with zero attached hydrogens (tertiary/aromatic N) is 6. The maximum atomic E-state index is 13.4. The van der Waals surface area contributed by atoms with Gasteiger partial charge in [-0.2, -0.15) is 4.68 Å². The topological polar surface area (TPSA) is 94.3 Å². The number of pyridine rings is 1. The second-order valence-electron chi connectivity index (χ2n) is 8.58. The molecular weight excluding hydrogens is 462 g/mol. The molecule has 6 rings (SSSR count). The van der Waals surface area contributed by atoms with Crippen molar-refractivity contribution in [3.05, 3.63) is 99.6 Å². The smallest absolute Gasteiger partial charge is 0.252 e. The predicted octanol–water partition coefficient (Wildman–Crippen LogP) is 4.63. The third-order valence-electron chi connectivity index (χ3n) is 6.51. The molecule has 0 bridgehead atoms. The highest BCUT2D eigenvalue weighted by molar-refractivity contribution is 6.31. The lowest BCUT2D eigenvalue weighted by Gasteiger charge is -2.15. The zero-order valence-corrected chi connectivity index (χ0v) is 19.8. The van der Waals surface area contributed by atoms with Crippen molar-refractivity contribution in [2.45, 2.75) is 32.2 Å². The first-order chi connectivity index (χ1) is 17.1. The number of hydrogen-bond acceptors (Lipinski definition) is 5. The zero-order valence-electron chi connectivity index (χ0n) is 19.0. The number of aromatic nitrogens is 7. The summed E-state index contributed by atoms with van der Waals surface area (Å²) in [5, 5.41) is 12.1. The van der Waals surface area contributed by atoms with Gasteiger partial charge in [-0.05, 0) is 59.5 Å². The number of halogens is 1. The molecule has 8 nitrogen and oxygen atoms in total. The zero-order chi connectivity index (χ0) is 23.9. The van der Waals surface area contributed by atoms with E-state index in [0.717, 1.165) is 64.5 Å². The van der Waals surface area contributed by atoms with Crippen LogP contribution in [0.1, 0.15) is 36.6 Å². The molecule has 0 amide bonds. The average Bonchev–Trinajstić information content (AvgIpc) is 3.63. The van der Waals surface area contributed by atoms with Crippen molar-refractivity contribution in [2.24, 2.45) is 0 Å². The number of imidazole rings is 1. The fourth-order valence-corrected chi connectivity index (χ4v) is 5.07. The molecule has 9 heteroatoms. The van der Waals surface area contributed by atoms with Gasteiger partial charge in [-0.3, -0.25) is 4.79 Å². The van der Waals surface area contributed by atoms with E-state index >= 15 is 0 Å². The SMILES string of the molecule is CCc1[nH]c(C2CCc3cc(-c4cc(Cl)ccc4-n4cnnn4)cc(=O)n32)nc1-c1ccccc1. The summed E-state index contributed by atoms with van der Waals surface area (Å²) in [5.41, 5.74) is 6.34. The quantitative estimate of drug-likeness (QED) is 0.393. The van der Waals surface area contributed by atoms with Crippen LogP contribution in [0.15, 0.2) is 71.8 Å². The minimum atomic E-state index is -0.132. The maximum absolute atomic E-state index is 13.4. The maximum Gasteiger partial charge on any atom is 0.252 e. The van der Waals surface area contributed by atoms with Crippen LogP contribution in [0.5, 0.6) is 0 Å². The lowest BCUT2D eigenvalue weighted by molar-refractivity contribution is 0.571. The molecule has 1 atom stereocenters. The molecule has 1 N–H and O–H groups in total. The molecule has 3 aromatic heterocycles. The van der Waals surface area contributed by atoms with E-state index in [1.54, 1.807) is 16.8 Å². The molecule has 0 spiro atoms. The lowest BCUT2D eigenvalue weighted by atomic mass is 10.0. The van der Waals surface area contributed by atoms with Crippen molar-refractivity contribution in [1.82, 2.24) is 34.7 Å². The van der Waals surface area contributed by atoms with E-state index in [1.807, 2.05) is 34.9 Å². The second kappa shape index (κ2) is 8.63. The Labute approximate surface area is 206 Å². The van der Waals surface area contributed by atoms with Gasteiger partial charge in [0.15, 0.2) is 0 Å². The molecule has 35 heavy (non-hydrogen) atoms. The fraction of sp³-hybridized carbons (Fsp3) is 0.192. The molecule has 0 fully saturated rings. The van der Waals surface area contributed by atoms with Gasteiger partial charge in [-0.15, -0.1) is 5.10 Å². The number of nitrogens with one attached hydrogen (secondary N) is 1. The summed E-state index contributed by atoms with van der Waals surface area (Å²) >= 11 is 6.31. The summed E-state index contributed by atoms with van der Waals surface area (Å²) < 4.78 is 3.43. The van der Waals surface area contributed by atoms with Gasteiger partial charge < -0.3 is 9.55 Å². The molecule has 0 aliphatic carbocycles. The van der Waals surface area contributed by atoms with Crippen molar-refractivity contribution in [2.75, 3.05) is 0 Å². The van der Waals surface area contributed by atoms with Crippen molar-refractivity contribution >= 4 is 11.6 Å². The number of fused-ring (bicyclic) bond motifs is 1. The largest absolute Gasteiger partial charge is 0.344 e. The normalized spacial score (nSPS) is 14.9. The van der Waals surface area contributed by atoms with Crippen LogP contribution in [-0.2, 0) is 12.8 Å². The molecule has 4 heterocycles. The highest BCUT2D eigenvalue weighted by Gasteiger charge is 2.29. The van der Waals surface area contributed by atoms with Gasteiger partial charge in [0, 0.05) is 33.6 Å². The number of benzene rings is 2. The van der Waals surface area contributed by atoms with Crippen LogP contribution in [0.4, 0.5) is 0 Å². The summed E-state index contributed by atoms with van der Waals surface area (Å²) in [5.74, 6) is 0.825. The van der Waals surface area contributed by atoms with Crippen LogP contribution in [0.2, 0.25) is 5.02 Å². The summed E-state index contributed by atoms with van der Waals surface area (Å²) in [4.78, 5) is 21.9. The van der Waals surface area contributed by atoms with E-state index in [2.05, 4.69) is 45.6 Å². The van der Waals surface area contributed by atoms with Crippen LogP contribution in [-0.4, -0.2) is 34.7 Å². The molecule has 0 saturated heterocycles. The summed E-state index contributed by atoms with van der Waals surface area (Å²) in [6, 6.07) is 19.2. The van der Waals surface area contributed by atoms with Gasteiger partial charge in [-0.25, -0.2) is 4.98 Å². The van der Waals surface area contributed by atoms with Gasteiger partial charge in [0.25, 0.3) is 5.56 Å². The Hall–Kier alpha value is -4.04. The van der Waals surface area contributed by atoms with Gasteiger partial charge >= 0.3 is 0 Å². The average molecular weight is 484 g/mol. The van der Waals surface area contributed by atoms with Crippen LogP contribution >= 0.6 is 11.6 Å². The molecule has 0 radical (unpaired) electrons. The van der Waals surface area contributed by atoms with Crippen molar-refractivity contribution < 1.29 is 0 Å². The molecule has 2 aromatic carbocycles. The first-order valence-corrected chi connectivity index (χ1v) is 11.9. The molecule has 1 unspecified atom stereocenters. The fourth-order valence-electron chi connectivity index (χ4n) is 4.90. The Kier molecular flexibility index (Phi) is 5.30. The first kappa shape index (κ1) is 21.5. The Morgan fingerprint density at radius 2 is 1.94 bits per heavy atom. The van der Waals surface area contributed by atoms with Crippen molar-refractivity contribution in [1.29, 1.82) is 0 Å². The Balaban J connectivity index is 1.43. The number of tetrazole rings is 1. The minimum absolute atomic E-state index is 0.0710. The lowest BCUT2D eigenvalue weighted by Crippen LogP contribution is -2.24. The Morgan fingerprint density at radius 1 is 1.09 bits per heavy atom. The number of rotatable bonds is 5. The molecule has 5 aromatic rings. The monoisotopic (exact) mass is 483 g/mol. The Morgan fingerprint density at radius 3 is 2.71 bits per heavy atom. The van der Waals surface area contributed by atoms with Gasteiger partial charge in [0.05, 0.1) is 17.4 Å². The first-order valence-electron chi connectivity index (χ1n) is 11.6. The molecule has 1 aliphatic rings. The molecule has 174 valence electrons. The van der Waals surface area contributed by atoms with Crippen LogP contribution in [0.3, 0.4) is 0 Å². The van der Waals surface area contributed by atoms with Crippen LogP contribution < -0.4 is 5.56 Å². The van der Waals surface area contributed by atoms with Crippen molar-refractivity contribution in [3.63, 3.8) is 0 Å². The van der Waals surface area contributed by atoms with Crippen LogP contribution in [0, 0.1) is 0 Å². The standard InChI is InChI=1S/C26H22ClN7O/c1-2-21-25(16-6-4-3-5-7-16)30-26(29-21)23-11-9-19-12-17(13-24(35)34(19)23)20-14-18(27)8-10-22(20)33-15-28-31-32-33/h3-8,10,12-15,23H,2,9,11H2,1H3,(H,29,30). The number of aryl methyl sites for hydroxylation is 2. The third kappa shape index (κ3) is 3.76. The van der Waals surface area contributed by atoms with E-state index in [4.69, 9.17) is 16.6 Å². The molecular formula is C26H22ClN7O. The van der Waals surface area contributed by atoms with E-state index in [1.165, 1.54) is 6.33 Å². The van der Waals surface area contributed by atoms with E-state index in [-0.39, 0.29) is 11.6 Å². The van der Waals surface area contributed by atoms with Gasteiger partial charge in [0.1, 0.15) is 12.2 Å². The Bertz CT molecular complexity index is 1570. The summed E-state index contributed by atoms with van der Waals surface area (Å²) in [6.07, 6.45) is 3.94. The summed E-state index contributed by atoms with van der Waals surface area (Å²) in [6.45, 7) is 2.11. The minimum Gasteiger partial charge on any atom is -0.344 e. The molecule has 1 aliphatic heterocycles. The number of hydrogen-bond donors (Lipinski definition) is 1. The molecule has 0 saturated carbocycles. The van der Waals surface area contributed by atoms with Crippen LogP contribution in [0.25, 0.3) is 28.1 Å². The second-order valence-corrected chi connectivity index (χ2v) is 9.02. The summed E-state index contributed by atoms with van der Waals surface area (Å²) in [7, 11) is 0. The number of aromatic amines is 1. The highest BCUT2D eigenvalue weighted by atomic mass is 35.5. The van der Waals surface area contributed by atoms with Crippen molar-refractivity contribution in [3.8, 4) is 28.1 Å². The van der Waals surface area contributed by atoms with E-state index in [0.29, 0.717) is 5.02 Å². The van der Waals surface area contributed by atoms with Gasteiger partial charge in [-0.1, -0.05) is 48.9 Å². The number of H-pyrrole nitrogens is 1. The van der Waals surface area contributed by atoms with Gasteiger partial charge in [0.2, 0.25) is 0 Å².